The van der Waals surface area contributed by atoms with Crippen molar-refractivity contribution in [1.29, 1.82) is 0 Å². The van der Waals surface area contributed by atoms with Crippen LogP contribution in [0.25, 0.3) is 0 Å². The lowest BCUT2D eigenvalue weighted by atomic mass is 9.86. The van der Waals surface area contributed by atoms with Crippen molar-refractivity contribution in [3.63, 3.8) is 0 Å². The van der Waals surface area contributed by atoms with Crippen molar-refractivity contribution in [3.05, 3.63) is 48.0 Å². The first-order valence-corrected chi connectivity index (χ1v) is 9.96. The van der Waals surface area contributed by atoms with E-state index in [1.165, 1.54) is 0 Å². The van der Waals surface area contributed by atoms with Crippen LogP contribution < -0.4 is 19.7 Å². The molecule has 3 rings (SSSR count). The Kier molecular flexibility index (Phi) is 6.20. The van der Waals surface area contributed by atoms with Gasteiger partial charge in [-0.2, -0.15) is 0 Å². The summed E-state index contributed by atoms with van der Waals surface area (Å²) in [6, 6.07) is 13.8. The van der Waals surface area contributed by atoms with Crippen molar-refractivity contribution < 1.29 is 14.3 Å². The highest BCUT2D eigenvalue weighted by Crippen LogP contribution is 2.33. The van der Waals surface area contributed by atoms with E-state index in [1.807, 2.05) is 41.3 Å². The molecule has 1 aliphatic rings. The molecule has 0 spiro atoms. The summed E-state index contributed by atoms with van der Waals surface area (Å²) in [6.07, 6.45) is 0. The molecule has 0 aliphatic carbocycles. The third-order valence-corrected chi connectivity index (χ3v) is 5.27. The Hall–Kier alpha value is -2.89. The van der Waals surface area contributed by atoms with Gasteiger partial charge in [-0.15, -0.1) is 0 Å². The summed E-state index contributed by atoms with van der Waals surface area (Å²) in [7, 11) is 3.30. The van der Waals surface area contributed by atoms with E-state index in [2.05, 4.69) is 37.1 Å². The van der Waals surface area contributed by atoms with Crippen LogP contribution in [-0.4, -0.2) is 51.3 Å². The van der Waals surface area contributed by atoms with Crippen molar-refractivity contribution >= 4 is 17.4 Å². The lowest BCUT2D eigenvalue weighted by molar-refractivity contribution is 0.208. The fraction of sp³-hybridized carbons (Fsp3) is 0.435. The van der Waals surface area contributed by atoms with Crippen LogP contribution in [0.15, 0.2) is 42.5 Å². The third kappa shape index (κ3) is 4.75. The summed E-state index contributed by atoms with van der Waals surface area (Å²) >= 11 is 0. The Morgan fingerprint density at radius 1 is 0.966 bits per heavy atom. The van der Waals surface area contributed by atoms with Gasteiger partial charge in [0.05, 0.1) is 19.9 Å². The largest absolute Gasteiger partial charge is 0.497 e. The van der Waals surface area contributed by atoms with Crippen LogP contribution in [0, 0.1) is 0 Å². The Morgan fingerprint density at radius 3 is 2.28 bits per heavy atom. The summed E-state index contributed by atoms with van der Waals surface area (Å²) < 4.78 is 10.8. The van der Waals surface area contributed by atoms with Gasteiger partial charge in [0.15, 0.2) is 0 Å². The van der Waals surface area contributed by atoms with Crippen molar-refractivity contribution in [3.8, 4) is 11.5 Å². The van der Waals surface area contributed by atoms with E-state index >= 15 is 0 Å². The van der Waals surface area contributed by atoms with Gasteiger partial charge >= 0.3 is 6.03 Å². The summed E-state index contributed by atoms with van der Waals surface area (Å²) in [5.74, 6) is 1.54. The predicted octanol–water partition coefficient (Wildman–Crippen LogP) is 4.36. The molecule has 2 aromatic rings. The molecule has 0 bridgehead atoms. The lowest BCUT2D eigenvalue weighted by Gasteiger charge is -2.37. The molecular weight excluding hydrogens is 366 g/mol. The van der Waals surface area contributed by atoms with Crippen LogP contribution in [0.4, 0.5) is 16.2 Å². The van der Waals surface area contributed by atoms with Gasteiger partial charge in [0, 0.05) is 37.9 Å². The number of benzene rings is 2. The zero-order valence-corrected chi connectivity index (χ0v) is 18.0. The van der Waals surface area contributed by atoms with Gasteiger partial charge in [0.25, 0.3) is 0 Å². The van der Waals surface area contributed by atoms with Crippen molar-refractivity contribution in [2.24, 2.45) is 0 Å². The van der Waals surface area contributed by atoms with E-state index < -0.39 is 0 Å². The maximum absolute atomic E-state index is 12.9. The van der Waals surface area contributed by atoms with Crippen LogP contribution in [0.5, 0.6) is 11.5 Å². The molecule has 0 unspecified atom stereocenters. The average molecular weight is 398 g/mol. The second kappa shape index (κ2) is 8.64. The van der Waals surface area contributed by atoms with Gasteiger partial charge in [-0.25, -0.2) is 4.79 Å². The molecule has 6 nitrogen and oxygen atoms in total. The van der Waals surface area contributed by atoms with E-state index in [1.54, 1.807) is 14.2 Å². The molecule has 2 aromatic carbocycles. The highest BCUT2D eigenvalue weighted by atomic mass is 16.5. The Bertz CT molecular complexity index is 853. The number of piperazine rings is 1. The topological polar surface area (TPSA) is 54.0 Å². The monoisotopic (exact) mass is 397 g/mol. The standard InChI is InChI=1S/C23H31N3O3/c1-23(2,3)18-8-6-7-9-19(18)24-22(27)26-14-12-25(13-15-26)20-11-10-17(28-4)16-21(20)29-5/h6-11,16H,12-15H2,1-5H3,(H,24,27). The molecule has 0 atom stereocenters. The number of rotatable bonds is 4. The fourth-order valence-electron chi connectivity index (χ4n) is 3.64. The SMILES string of the molecule is COc1ccc(N2CCN(C(=O)Nc3ccccc3C(C)(C)C)CC2)c(OC)c1. The number of carbonyl (C=O) groups excluding carboxylic acids is 1. The summed E-state index contributed by atoms with van der Waals surface area (Å²) in [5.41, 5.74) is 3.00. The number of ether oxygens (including phenoxy) is 2. The molecule has 1 aliphatic heterocycles. The molecule has 1 N–H and O–H groups in total. The molecule has 2 amide bonds. The van der Waals surface area contributed by atoms with Crippen LogP contribution in [-0.2, 0) is 5.41 Å². The highest BCUT2D eigenvalue weighted by Gasteiger charge is 2.25. The van der Waals surface area contributed by atoms with Crippen molar-refractivity contribution in [2.75, 3.05) is 50.6 Å². The van der Waals surface area contributed by atoms with E-state index in [4.69, 9.17) is 9.47 Å². The minimum atomic E-state index is -0.0527. The molecule has 0 aromatic heterocycles. The number of amides is 2. The van der Waals surface area contributed by atoms with Crippen LogP contribution >= 0.6 is 0 Å². The molecule has 156 valence electrons. The number of urea groups is 1. The molecule has 1 fully saturated rings. The first kappa shape index (κ1) is 20.8. The van der Waals surface area contributed by atoms with E-state index in [0.29, 0.717) is 13.1 Å². The van der Waals surface area contributed by atoms with Crippen LogP contribution in [0.1, 0.15) is 26.3 Å². The maximum Gasteiger partial charge on any atom is 0.321 e. The molecule has 29 heavy (non-hydrogen) atoms. The molecular formula is C23H31N3O3. The summed E-state index contributed by atoms with van der Waals surface area (Å²) in [4.78, 5) is 17.0. The van der Waals surface area contributed by atoms with Crippen LogP contribution in [0.3, 0.4) is 0 Å². The quantitative estimate of drug-likeness (QED) is 0.833. The van der Waals surface area contributed by atoms with Gasteiger partial charge in [0.2, 0.25) is 0 Å². The van der Waals surface area contributed by atoms with Crippen LogP contribution in [0.2, 0.25) is 0 Å². The zero-order valence-electron chi connectivity index (χ0n) is 18.0. The molecule has 6 heteroatoms. The van der Waals surface area contributed by atoms with Crippen molar-refractivity contribution in [2.45, 2.75) is 26.2 Å². The number of hydrogen-bond acceptors (Lipinski definition) is 4. The van der Waals surface area contributed by atoms with E-state index in [-0.39, 0.29) is 11.4 Å². The normalized spacial score (nSPS) is 14.5. The number of hydrogen-bond donors (Lipinski definition) is 1. The number of nitrogens with one attached hydrogen (secondary N) is 1. The Morgan fingerprint density at radius 2 is 1.66 bits per heavy atom. The van der Waals surface area contributed by atoms with E-state index in [0.717, 1.165) is 41.5 Å². The first-order chi connectivity index (χ1) is 13.8. The average Bonchev–Trinajstić information content (AvgIpc) is 2.73. The highest BCUT2D eigenvalue weighted by molar-refractivity contribution is 5.90. The zero-order chi connectivity index (χ0) is 21.0. The number of para-hydroxylation sites is 1. The van der Waals surface area contributed by atoms with Gasteiger partial charge in [-0.1, -0.05) is 39.0 Å². The molecule has 1 saturated heterocycles. The molecule has 0 saturated carbocycles. The van der Waals surface area contributed by atoms with Gasteiger partial charge in [-0.3, -0.25) is 0 Å². The molecule has 1 heterocycles. The predicted molar refractivity (Wildman–Crippen MR) is 117 cm³/mol. The van der Waals surface area contributed by atoms with Gasteiger partial charge in [0.1, 0.15) is 11.5 Å². The Balaban J connectivity index is 1.65. The fourth-order valence-corrected chi connectivity index (χ4v) is 3.64. The number of carbonyl (C=O) groups is 1. The Labute approximate surface area is 173 Å². The smallest absolute Gasteiger partial charge is 0.321 e. The molecule has 0 radical (unpaired) electrons. The van der Waals surface area contributed by atoms with Crippen molar-refractivity contribution in [1.82, 2.24) is 4.90 Å². The third-order valence-electron chi connectivity index (χ3n) is 5.27. The summed E-state index contributed by atoms with van der Waals surface area (Å²) in [6.45, 7) is 9.25. The summed E-state index contributed by atoms with van der Waals surface area (Å²) in [5, 5.41) is 3.11. The van der Waals surface area contributed by atoms with Gasteiger partial charge in [-0.05, 0) is 29.2 Å². The number of methoxy groups -OCH3 is 2. The van der Waals surface area contributed by atoms with Gasteiger partial charge < -0.3 is 24.6 Å². The second-order valence-corrected chi connectivity index (χ2v) is 8.24. The lowest BCUT2D eigenvalue weighted by Crippen LogP contribution is -2.50. The van der Waals surface area contributed by atoms with E-state index in [9.17, 15) is 4.79 Å². The first-order valence-electron chi connectivity index (χ1n) is 9.96. The minimum Gasteiger partial charge on any atom is -0.497 e. The second-order valence-electron chi connectivity index (χ2n) is 8.24. The minimum absolute atomic E-state index is 0.0342. The number of nitrogens with zero attached hydrogens (tertiary/aromatic N) is 2. The maximum atomic E-state index is 12.9. The number of anilines is 2.